The molecule has 0 spiro atoms. The molecule has 4 rings (SSSR count). The van der Waals surface area contributed by atoms with Gasteiger partial charge in [0.15, 0.2) is 5.65 Å². The fourth-order valence-electron chi connectivity index (χ4n) is 4.20. The van der Waals surface area contributed by atoms with Crippen LogP contribution in [0.5, 0.6) is 0 Å². The van der Waals surface area contributed by atoms with E-state index < -0.39 is 5.92 Å². The van der Waals surface area contributed by atoms with Gasteiger partial charge in [-0.15, -0.1) is 0 Å². The molecule has 0 saturated heterocycles. The van der Waals surface area contributed by atoms with E-state index in [1.165, 1.54) is 6.20 Å². The summed E-state index contributed by atoms with van der Waals surface area (Å²) in [5.41, 5.74) is 0.0425. The number of H-pyrrole nitrogens is 1. The van der Waals surface area contributed by atoms with Gasteiger partial charge in [0.1, 0.15) is 11.2 Å². The number of aliphatic hydroxyl groups is 1. The van der Waals surface area contributed by atoms with Gasteiger partial charge in [-0.3, -0.25) is 9.59 Å². The Bertz CT molecular complexity index is 962. The first-order valence-electron chi connectivity index (χ1n) is 10.1. The van der Waals surface area contributed by atoms with Crippen molar-refractivity contribution in [1.29, 1.82) is 0 Å². The summed E-state index contributed by atoms with van der Waals surface area (Å²) < 4.78 is 28.6. The van der Waals surface area contributed by atoms with E-state index in [9.17, 15) is 18.4 Å². The highest BCUT2D eigenvalue weighted by Gasteiger charge is 2.40. The third-order valence-electron chi connectivity index (χ3n) is 6.14. The quantitative estimate of drug-likeness (QED) is 0.698. The van der Waals surface area contributed by atoms with E-state index in [4.69, 9.17) is 5.11 Å². The van der Waals surface area contributed by atoms with Crippen molar-refractivity contribution in [3.05, 3.63) is 22.4 Å². The molecule has 2 aromatic rings. The summed E-state index contributed by atoms with van der Waals surface area (Å²) in [4.78, 5) is 32.3. The van der Waals surface area contributed by atoms with Crippen molar-refractivity contribution in [3.63, 3.8) is 0 Å². The molecule has 2 heterocycles. The van der Waals surface area contributed by atoms with Gasteiger partial charge in [0.2, 0.25) is 11.8 Å². The van der Waals surface area contributed by atoms with E-state index in [2.05, 4.69) is 20.4 Å². The molecule has 2 aliphatic rings. The van der Waals surface area contributed by atoms with Crippen LogP contribution in [-0.2, 0) is 4.79 Å². The van der Waals surface area contributed by atoms with Gasteiger partial charge in [0, 0.05) is 30.7 Å². The minimum absolute atomic E-state index is 0.149. The SMILES string of the molecule is CC(CO)NC(=O)[C@@H]1CC[C@H]1c1nc2c(cnn2C2CCC(F)(F)CC2)c(=O)[nH]1. The second kappa shape index (κ2) is 7.47. The van der Waals surface area contributed by atoms with Gasteiger partial charge in [0.05, 0.1) is 18.8 Å². The topological polar surface area (TPSA) is 113 Å². The van der Waals surface area contributed by atoms with E-state index in [0.717, 1.165) is 0 Å². The second-order valence-corrected chi connectivity index (χ2v) is 8.25. The summed E-state index contributed by atoms with van der Waals surface area (Å²) in [6.45, 7) is 1.56. The minimum Gasteiger partial charge on any atom is -0.394 e. The average Bonchev–Trinajstić information content (AvgIpc) is 3.05. The smallest absolute Gasteiger partial charge is 0.262 e. The van der Waals surface area contributed by atoms with Crippen LogP contribution in [0.2, 0.25) is 0 Å². The van der Waals surface area contributed by atoms with Crippen molar-refractivity contribution < 1.29 is 18.7 Å². The molecular weight excluding hydrogens is 384 g/mol. The number of fused-ring (bicyclic) bond motifs is 1. The van der Waals surface area contributed by atoms with Crippen LogP contribution in [-0.4, -0.2) is 49.3 Å². The average molecular weight is 409 g/mol. The first kappa shape index (κ1) is 19.9. The lowest BCUT2D eigenvalue weighted by atomic mass is 9.72. The van der Waals surface area contributed by atoms with Crippen LogP contribution in [0.25, 0.3) is 11.0 Å². The molecule has 29 heavy (non-hydrogen) atoms. The first-order valence-corrected chi connectivity index (χ1v) is 10.1. The third-order valence-corrected chi connectivity index (χ3v) is 6.14. The predicted molar refractivity (Wildman–Crippen MR) is 101 cm³/mol. The molecule has 2 aromatic heterocycles. The second-order valence-electron chi connectivity index (χ2n) is 8.25. The molecule has 3 N–H and O–H groups in total. The fourth-order valence-corrected chi connectivity index (χ4v) is 4.20. The van der Waals surface area contributed by atoms with Gasteiger partial charge < -0.3 is 15.4 Å². The molecule has 0 radical (unpaired) electrons. The Labute approximate surface area is 165 Å². The van der Waals surface area contributed by atoms with Gasteiger partial charge in [-0.2, -0.15) is 5.10 Å². The zero-order valence-electron chi connectivity index (χ0n) is 16.2. The highest BCUT2D eigenvalue weighted by molar-refractivity contribution is 5.81. The number of aromatic amines is 1. The van der Waals surface area contributed by atoms with Gasteiger partial charge in [-0.1, -0.05) is 0 Å². The van der Waals surface area contributed by atoms with Crippen LogP contribution < -0.4 is 10.9 Å². The summed E-state index contributed by atoms with van der Waals surface area (Å²) in [5.74, 6) is -2.94. The number of nitrogens with one attached hydrogen (secondary N) is 2. The Kier molecular flexibility index (Phi) is 5.14. The van der Waals surface area contributed by atoms with Crippen molar-refractivity contribution in [3.8, 4) is 0 Å². The lowest BCUT2D eigenvalue weighted by Crippen LogP contribution is -2.45. The van der Waals surface area contributed by atoms with Gasteiger partial charge in [-0.05, 0) is 32.6 Å². The highest BCUT2D eigenvalue weighted by atomic mass is 19.3. The summed E-state index contributed by atoms with van der Waals surface area (Å²) in [7, 11) is 0. The maximum Gasteiger partial charge on any atom is 0.262 e. The summed E-state index contributed by atoms with van der Waals surface area (Å²) in [6.07, 6.45) is 2.96. The largest absolute Gasteiger partial charge is 0.394 e. The molecule has 2 aliphatic carbocycles. The summed E-state index contributed by atoms with van der Waals surface area (Å²) in [6, 6.07) is -0.565. The molecule has 2 fully saturated rings. The van der Waals surface area contributed by atoms with E-state index in [1.54, 1.807) is 11.6 Å². The number of amides is 1. The molecule has 158 valence electrons. The Morgan fingerprint density at radius 2 is 2.10 bits per heavy atom. The molecule has 0 aliphatic heterocycles. The number of hydrogen-bond acceptors (Lipinski definition) is 5. The number of aliphatic hydroxyl groups excluding tert-OH is 1. The standard InChI is InChI=1S/C19H25F2N5O3/c1-10(9-27)23-17(28)13-3-2-12(13)15-24-16-14(18(29)25-15)8-22-26(16)11-4-6-19(20,21)7-5-11/h8,10-13,27H,2-7,9H2,1H3,(H,23,28)(H,24,25,29)/t10?,12-,13-/m1/s1. The molecule has 3 atom stereocenters. The normalized spacial score (nSPS) is 25.5. The zero-order valence-corrected chi connectivity index (χ0v) is 16.2. The first-order chi connectivity index (χ1) is 13.8. The number of aromatic nitrogens is 4. The van der Waals surface area contributed by atoms with Crippen molar-refractivity contribution in [2.45, 2.75) is 69.4 Å². The summed E-state index contributed by atoms with van der Waals surface area (Å²) >= 11 is 0. The van der Waals surface area contributed by atoms with Crippen LogP contribution in [0.3, 0.4) is 0 Å². The maximum absolute atomic E-state index is 13.5. The highest BCUT2D eigenvalue weighted by Crippen LogP contribution is 2.42. The molecule has 1 amide bonds. The van der Waals surface area contributed by atoms with E-state index >= 15 is 0 Å². The molecule has 2 saturated carbocycles. The van der Waals surface area contributed by atoms with Gasteiger partial charge >= 0.3 is 0 Å². The molecule has 1 unspecified atom stereocenters. The number of carbonyl (C=O) groups excluding carboxylic acids is 1. The number of halogens is 2. The number of rotatable bonds is 5. The third kappa shape index (κ3) is 3.77. The lowest BCUT2D eigenvalue weighted by Gasteiger charge is -2.35. The Balaban J connectivity index is 1.60. The minimum atomic E-state index is -2.65. The van der Waals surface area contributed by atoms with Crippen molar-refractivity contribution in [2.75, 3.05) is 6.61 Å². The van der Waals surface area contributed by atoms with Gasteiger partial charge in [0.25, 0.3) is 5.56 Å². The van der Waals surface area contributed by atoms with Gasteiger partial charge in [-0.25, -0.2) is 18.4 Å². The van der Waals surface area contributed by atoms with E-state index in [0.29, 0.717) is 29.7 Å². The number of nitrogens with zero attached hydrogens (tertiary/aromatic N) is 3. The van der Waals surface area contributed by atoms with Crippen molar-refractivity contribution in [2.24, 2.45) is 5.92 Å². The van der Waals surface area contributed by atoms with Crippen molar-refractivity contribution >= 4 is 16.9 Å². The number of alkyl halides is 2. The van der Waals surface area contributed by atoms with Crippen LogP contribution in [0.15, 0.2) is 11.0 Å². The Hall–Kier alpha value is -2.36. The molecular formula is C19H25F2N5O3. The van der Waals surface area contributed by atoms with Crippen LogP contribution >= 0.6 is 0 Å². The molecule has 8 nitrogen and oxygen atoms in total. The van der Waals surface area contributed by atoms with Crippen LogP contribution in [0, 0.1) is 5.92 Å². The monoisotopic (exact) mass is 409 g/mol. The summed E-state index contributed by atoms with van der Waals surface area (Å²) in [5, 5.41) is 16.5. The Morgan fingerprint density at radius 3 is 2.72 bits per heavy atom. The van der Waals surface area contributed by atoms with Crippen molar-refractivity contribution in [1.82, 2.24) is 25.1 Å². The zero-order chi connectivity index (χ0) is 20.8. The van der Waals surface area contributed by atoms with E-state index in [-0.39, 0.29) is 67.7 Å². The van der Waals surface area contributed by atoms with Crippen LogP contribution in [0.1, 0.15) is 63.2 Å². The fraction of sp³-hybridized carbons (Fsp3) is 0.684. The van der Waals surface area contributed by atoms with Crippen LogP contribution in [0.4, 0.5) is 8.78 Å². The molecule has 0 bridgehead atoms. The maximum atomic E-state index is 13.5. The predicted octanol–water partition coefficient (Wildman–Crippen LogP) is 1.86. The lowest BCUT2D eigenvalue weighted by molar-refractivity contribution is -0.129. The molecule has 0 aromatic carbocycles. The number of hydrogen-bond donors (Lipinski definition) is 3. The number of carbonyl (C=O) groups is 1. The Morgan fingerprint density at radius 1 is 1.38 bits per heavy atom. The molecule has 10 heteroatoms. The van der Waals surface area contributed by atoms with E-state index in [1.807, 2.05) is 0 Å².